The van der Waals surface area contributed by atoms with E-state index in [1.54, 1.807) is 54.6 Å². The van der Waals surface area contributed by atoms with E-state index >= 15 is 0 Å². The van der Waals surface area contributed by atoms with E-state index in [-0.39, 0.29) is 0 Å². The van der Waals surface area contributed by atoms with Crippen LogP contribution in [0.4, 0.5) is 0 Å². The summed E-state index contributed by atoms with van der Waals surface area (Å²) in [5.41, 5.74) is 14.5. The van der Waals surface area contributed by atoms with Gasteiger partial charge in [0, 0.05) is 55.2 Å². The van der Waals surface area contributed by atoms with Gasteiger partial charge in [0.1, 0.15) is 0 Å². The lowest BCUT2D eigenvalue weighted by atomic mass is 9.92. The first-order valence-electron chi connectivity index (χ1n) is 22.6. The predicted molar refractivity (Wildman–Crippen MR) is 277 cm³/mol. The summed E-state index contributed by atoms with van der Waals surface area (Å²) in [5.74, 6) is 0.335. The van der Waals surface area contributed by atoms with E-state index in [1.807, 2.05) is 36.4 Å². The molecule has 3 heterocycles. The van der Waals surface area contributed by atoms with Crippen molar-refractivity contribution < 1.29 is 0 Å². The molecule has 0 amide bonds. The Morgan fingerprint density at radius 1 is 0.314 bits per heavy atom. The molecule has 9 aromatic carbocycles. The summed E-state index contributed by atoms with van der Waals surface area (Å²) in [6, 6.07) is 77.5. The summed E-state index contributed by atoms with van der Waals surface area (Å²) >= 11 is 0. The zero-order valence-electron chi connectivity index (χ0n) is 37.2. The maximum atomic E-state index is 10.6. The highest BCUT2D eigenvalue weighted by Crippen LogP contribution is 2.39. The number of nitriles is 4. The second-order valence-electron chi connectivity index (χ2n) is 17.1. The zero-order chi connectivity index (χ0) is 47.3. The van der Waals surface area contributed by atoms with Crippen LogP contribution in [0.1, 0.15) is 22.3 Å². The van der Waals surface area contributed by atoms with Crippen molar-refractivity contribution in [1.82, 2.24) is 19.1 Å². The average Bonchev–Trinajstić information content (AvgIpc) is 3.95. The third-order valence-corrected chi connectivity index (χ3v) is 13.1. The van der Waals surface area contributed by atoms with E-state index in [4.69, 9.17) is 9.97 Å². The molecule has 0 bridgehead atoms. The van der Waals surface area contributed by atoms with Crippen molar-refractivity contribution in [3.63, 3.8) is 0 Å². The fourth-order valence-electron chi connectivity index (χ4n) is 9.80. The minimum Gasteiger partial charge on any atom is -0.309 e. The smallest absolute Gasteiger partial charge is 0.160 e. The van der Waals surface area contributed by atoms with Crippen molar-refractivity contribution in [2.45, 2.75) is 0 Å². The van der Waals surface area contributed by atoms with E-state index in [0.29, 0.717) is 61.7 Å². The van der Waals surface area contributed by atoms with Crippen LogP contribution in [0.5, 0.6) is 0 Å². The highest BCUT2D eigenvalue weighted by molar-refractivity contribution is 6.12. The highest BCUT2D eigenvalue weighted by Gasteiger charge is 2.20. The Labute approximate surface area is 402 Å². The van der Waals surface area contributed by atoms with Gasteiger partial charge in [0.25, 0.3) is 0 Å². The fraction of sp³-hybridized carbons (Fsp3) is 0. The number of nitrogens with zero attached hydrogens (tertiary/aromatic N) is 8. The SMILES string of the molecule is N#Cc1cccc(-c2cc(-c3cc(C#N)c(-c4ccc(-c5ccc(-n6c7ccccc7c7cc(-n8c9ccccc9c9ccccc98)ccc76)cc5)cc4)cc3C#N)nc(-c3cccc(C#N)c3)n2)c1. The van der Waals surface area contributed by atoms with E-state index < -0.39 is 0 Å². The topological polar surface area (TPSA) is 131 Å². The van der Waals surface area contributed by atoms with Crippen LogP contribution in [0.25, 0.3) is 111 Å². The van der Waals surface area contributed by atoms with Crippen LogP contribution < -0.4 is 0 Å². The molecule has 0 spiro atoms. The number of fused-ring (bicyclic) bond motifs is 6. The molecule has 0 N–H and O–H groups in total. The molecule has 12 rings (SSSR count). The van der Waals surface area contributed by atoms with E-state index in [2.05, 4.69) is 149 Å². The van der Waals surface area contributed by atoms with Gasteiger partial charge >= 0.3 is 0 Å². The number of benzene rings is 9. The van der Waals surface area contributed by atoms with Gasteiger partial charge in [0.2, 0.25) is 0 Å². The Balaban J connectivity index is 0.880. The van der Waals surface area contributed by atoms with Gasteiger partial charge in [-0.15, -0.1) is 0 Å². The summed E-state index contributed by atoms with van der Waals surface area (Å²) in [6.45, 7) is 0. The zero-order valence-corrected chi connectivity index (χ0v) is 37.2. The monoisotopic (exact) mass is 890 g/mol. The molecule has 322 valence electrons. The van der Waals surface area contributed by atoms with Crippen molar-refractivity contribution in [3.05, 3.63) is 229 Å². The van der Waals surface area contributed by atoms with Crippen LogP contribution in [-0.2, 0) is 0 Å². The van der Waals surface area contributed by atoms with E-state index in [9.17, 15) is 21.0 Å². The standard InChI is InChI=1S/C62H34N8/c63-35-39-9-7-11-44(29-39)56-34-57(68-62(67-56)45-12-8-10-40(30-45)36-64)54-32-46(37-65)53(31-47(54)38-66)43-21-19-41(20-22-43)42-23-25-48(26-24-42)69-60-18-6-3-15-52(60)55-33-49(27-28-61(55)69)70-58-16-4-1-13-50(58)51-14-2-5-17-59(51)70/h1-34H. The highest BCUT2D eigenvalue weighted by atomic mass is 15.0. The molecule has 0 radical (unpaired) electrons. The third kappa shape index (κ3) is 6.90. The molecule has 0 saturated carbocycles. The van der Waals surface area contributed by atoms with Crippen molar-refractivity contribution in [3.8, 4) is 91.8 Å². The summed E-state index contributed by atoms with van der Waals surface area (Å²) in [4.78, 5) is 9.72. The van der Waals surface area contributed by atoms with Gasteiger partial charge in [0.05, 0.1) is 80.0 Å². The molecule has 0 aliphatic rings. The largest absolute Gasteiger partial charge is 0.309 e. The van der Waals surface area contributed by atoms with Gasteiger partial charge in [-0.2, -0.15) is 21.0 Å². The predicted octanol–water partition coefficient (Wildman–Crippen LogP) is 14.5. The van der Waals surface area contributed by atoms with Crippen molar-refractivity contribution in [1.29, 1.82) is 21.0 Å². The van der Waals surface area contributed by atoms with Crippen molar-refractivity contribution >= 4 is 43.6 Å². The normalized spacial score (nSPS) is 11.1. The molecule has 3 aromatic heterocycles. The lowest BCUT2D eigenvalue weighted by molar-refractivity contribution is 1.17. The van der Waals surface area contributed by atoms with Gasteiger partial charge in [0.15, 0.2) is 5.82 Å². The first-order valence-corrected chi connectivity index (χ1v) is 22.6. The van der Waals surface area contributed by atoms with Crippen LogP contribution in [0.3, 0.4) is 0 Å². The van der Waals surface area contributed by atoms with Gasteiger partial charge in [-0.1, -0.05) is 115 Å². The van der Waals surface area contributed by atoms with Crippen molar-refractivity contribution in [2.24, 2.45) is 0 Å². The van der Waals surface area contributed by atoms with Crippen LogP contribution in [0.15, 0.2) is 206 Å². The summed E-state index contributed by atoms with van der Waals surface area (Å²) in [6.07, 6.45) is 0. The number of para-hydroxylation sites is 3. The second-order valence-corrected chi connectivity index (χ2v) is 17.1. The van der Waals surface area contributed by atoms with Crippen LogP contribution in [0.2, 0.25) is 0 Å². The van der Waals surface area contributed by atoms with Gasteiger partial charge in [-0.3, -0.25) is 0 Å². The maximum absolute atomic E-state index is 10.6. The van der Waals surface area contributed by atoms with Crippen LogP contribution in [0, 0.1) is 45.3 Å². The molecule has 0 atom stereocenters. The van der Waals surface area contributed by atoms with Gasteiger partial charge in [-0.25, -0.2) is 9.97 Å². The maximum Gasteiger partial charge on any atom is 0.160 e. The first kappa shape index (κ1) is 41.1. The van der Waals surface area contributed by atoms with Crippen LogP contribution >= 0.6 is 0 Å². The third-order valence-electron chi connectivity index (χ3n) is 13.1. The number of hydrogen-bond acceptors (Lipinski definition) is 6. The minimum atomic E-state index is 0.328. The molecular weight excluding hydrogens is 857 g/mol. The second kappa shape index (κ2) is 16.8. The summed E-state index contributed by atoms with van der Waals surface area (Å²) in [7, 11) is 0. The fourth-order valence-corrected chi connectivity index (χ4v) is 9.80. The van der Waals surface area contributed by atoms with E-state index in [0.717, 1.165) is 39.1 Å². The molecule has 0 aliphatic carbocycles. The summed E-state index contributed by atoms with van der Waals surface area (Å²) < 4.78 is 4.69. The van der Waals surface area contributed by atoms with E-state index in [1.165, 1.54) is 32.6 Å². The summed E-state index contributed by atoms with van der Waals surface area (Å²) in [5, 5.41) is 45.3. The Morgan fingerprint density at radius 2 is 0.786 bits per heavy atom. The number of hydrogen-bond donors (Lipinski definition) is 0. The Hall–Kier alpha value is -10.4. The Kier molecular flexibility index (Phi) is 9.86. The molecule has 8 heteroatoms. The van der Waals surface area contributed by atoms with Gasteiger partial charge in [-0.05, 0) is 108 Å². The molecule has 12 aromatic rings. The quantitative estimate of drug-likeness (QED) is 0.157. The minimum absolute atomic E-state index is 0.328. The Morgan fingerprint density at radius 3 is 1.40 bits per heavy atom. The number of aromatic nitrogens is 4. The van der Waals surface area contributed by atoms with Crippen molar-refractivity contribution in [2.75, 3.05) is 0 Å². The molecule has 0 unspecified atom stereocenters. The van der Waals surface area contributed by atoms with Gasteiger partial charge < -0.3 is 9.13 Å². The Bertz CT molecular complexity index is 4150. The lowest BCUT2D eigenvalue weighted by Gasteiger charge is -2.13. The van der Waals surface area contributed by atoms with Crippen LogP contribution in [-0.4, -0.2) is 19.1 Å². The molecule has 0 aliphatic heterocycles. The molecular formula is C62H34N8. The molecule has 0 fully saturated rings. The average molecular weight is 891 g/mol. The first-order chi connectivity index (χ1) is 34.5. The lowest BCUT2D eigenvalue weighted by Crippen LogP contribution is -1.99. The molecule has 0 saturated heterocycles. The number of rotatable bonds is 7. The molecule has 8 nitrogen and oxygen atoms in total. The molecule has 70 heavy (non-hydrogen) atoms.